The largest absolute Gasteiger partial charge is 0.468 e. The van der Waals surface area contributed by atoms with Gasteiger partial charge in [-0.15, -0.1) is 0 Å². The van der Waals surface area contributed by atoms with Crippen molar-refractivity contribution in [2.24, 2.45) is 0 Å². The fourth-order valence-corrected chi connectivity index (χ4v) is 10.9. The SMILES string of the molecule is O=C1NC(=O)c2c(OC(c3ccccc3)(c3ccccc3)c3ccccc3)c(OC(c3ccccc3)(c3ccccc3)c3ccccc3)c(OC(c3ccccc3)(c3ccccc3)c3ccccc3)c3cccc1c23. The molecule has 0 aliphatic carbocycles. The van der Waals surface area contributed by atoms with Crippen molar-refractivity contribution in [3.63, 3.8) is 0 Å². The van der Waals surface area contributed by atoms with Crippen LogP contribution in [0.25, 0.3) is 10.8 Å². The van der Waals surface area contributed by atoms with E-state index in [-0.39, 0.29) is 28.4 Å². The summed E-state index contributed by atoms with van der Waals surface area (Å²) in [6.45, 7) is 0. The van der Waals surface area contributed by atoms with Crippen molar-refractivity contribution in [2.75, 3.05) is 0 Å². The second-order valence-electron chi connectivity index (χ2n) is 18.5. The maximum Gasteiger partial charge on any atom is 0.262 e. The van der Waals surface area contributed by atoms with Gasteiger partial charge in [-0.25, -0.2) is 0 Å². The lowest BCUT2D eigenvalue weighted by atomic mass is 9.79. The molecule has 0 spiro atoms. The van der Waals surface area contributed by atoms with Crippen LogP contribution in [0.15, 0.2) is 291 Å². The van der Waals surface area contributed by atoms with Crippen molar-refractivity contribution in [2.45, 2.75) is 16.8 Å². The van der Waals surface area contributed by atoms with Crippen molar-refractivity contribution >= 4 is 22.6 Å². The summed E-state index contributed by atoms with van der Waals surface area (Å²) >= 11 is 0. The lowest BCUT2D eigenvalue weighted by molar-refractivity contribution is 0.0822. The first-order chi connectivity index (χ1) is 37.0. The predicted octanol–water partition coefficient (Wildman–Crippen LogP) is 14.8. The summed E-state index contributed by atoms with van der Waals surface area (Å²) < 4.78 is 24.7. The number of ether oxygens (including phenoxy) is 3. The van der Waals surface area contributed by atoms with Gasteiger partial charge in [-0.3, -0.25) is 14.9 Å². The molecule has 1 N–H and O–H groups in total. The summed E-state index contributed by atoms with van der Waals surface area (Å²) in [7, 11) is 0. The molecule has 0 unspecified atom stereocenters. The molecule has 0 fully saturated rings. The van der Waals surface area contributed by atoms with E-state index in [4.69, 9.17) is 14.2 Å². The average Bonchev–Trinajstić information content (AvgIpc) is 3.49. The first kappa shape index (κ1) is 46.3. The van der Waals surface area contributed by atoms with Crippen LogP contribution in [0.5, 0.6) is 17.2 Å². The van der Waals surface area contributed by atoms with Gasteiger partial charge in [0.1, 0.15) is 0 Å². The summed E-state index contributed by atoms with van der Waals surface area (Å²) in [5, 5.41) is 3.54. The van der Waals surface area contributed by atoms with E-state index in [9.17, 15) is 4.79 Å². The number of benzene rings is 11. The number of hydrogen-bond donors (Lipinski definition) is 1. The van der Waals surface area contributed by atoms with E-state index in [0.717, 1.165) is 50.1 Å². The number of carbonyl (C=O) groups is 2. The Bertz CT molecular complexity index is 3480. The molecule has 0 atom stereocenters. The highest BCUT2D eigenvalue weighted by molar-refractivity contribution is 6.28. The predicted molar refractivity (Wildman–Crippen MR) is 295 cm³/mol. The number of carbonyl (C=O) groups excluding carboxylic acids is 2. The normalized spacial score (nSPS) is 12.4. The quantitative estimate of drug-likeness (QED) is 0.0818. The average molecular weight is 972 g/mol. The van der Waals surface area contributed by atoms with E-state index in [1.165, 1.54) is 0 Å². The van der Waals surface area contributed by atoms with Gasteiger partial charge in [0.15, 0.2) is 28.3 Å². The van der Waals surface area contributed by atoms with Gasteiger partial charge >= 0.3 is 0 Å². The van der Waals surface area contributed by atoms with Crippen LogP contribution < -0.4 is 19.5 Å². The Kier molecular flexibility index (Phi) is 12.1. The summed E-state index contributed by atoms with van der Waals surface area (Å²) in [5.74, 6) is -0.781. The number of amides is 2. The van der Waals surface area contributed by atoms with Crippen molar-refractivity contribution in [1.82, 2.24) is 5.32 Å². The molecule has 0 radical (unpaired) electrons. The third-order valence-corrected chi connectivity index (χ3v) is 14.3. The fraction of sp³-hybridized carbons (Fsp3) is 0.0435. The minimum Gasteiger partial charge on any atom is -0.468 e. The first-order valence-corrected chi connectivity index (χ1v) is 25.1. The van der Waals surface area contributed by atoms with Crippen LogP contribution >= 0.6 is 0 Å². The van der Waals surface area contributed by atoms with Gasteiger partial charge in [-0.2, -0.15) is 0 Å². The van der Waals surface area contributed by atoms with Crippen LogP contribution in [-0.2, 0) is 16.8 Å². The molecule has 75 heavy (non-hydrogen) atoms. The van der Waals surface area contributed by atoms with E-state index in [2.05, 4.69) is 78.1 Å². The molecule has 11 aromatic rings. The highest BCUT2D eigenvalue weighted by atomic mass is 16.6. The molecule has 1 aliphatic heterocycles. The van der Waals surface area contributed by atoms with Gasteiger partial charge in [0.05, 0.1) is 5.56 Å². The minimum atomic E-state index is -1.47. The second kappa shape index (κ2) is 19.7. The molecule has 360 valence electrons. The van der Waals surface area contributed by atoms with E-state index in [1.807, 2.05) is 212 Å². The Morgan fingerprint density at radius 2 is 0.507 bits per heavy atom. The Labute approximate surface area is 436 Å². The maximum atomic E-state index is 15.5. The lowest BCUT2D eigenvalue weighted by Gasteiger charge is -2.42. The minimum absolute atomic E-state index is 0.0572. The zero-order valence-electron chi connectivity index (χ0n) is 40.8. The fourth-order valence-electron chi connectivity index (χ4n) is 10.9. The lowest BCUT2D eigenvalue weighted by Crippen LogP contribution is -2.41. The number of rotatable bonds is 15. The molecule has 6 nitrogen and oxygen atoms in total. The molecule has 11 aromatic carbocycles. The molecule has 0 bridgehead atoms. The number of hydrogen-bond acceptors (Lipinski definition) is 5. The highest BCUT2D eigenvalue weighted by Crippen LogP contribution is 2.58. The van der Waals surface area contributed by atoms with Crippen LogP contribution in [0.2, 0.25) is 0 Å². The van der Waals surface area contributed by atoms with Crippen LogP contribution in [0.1, 0.15) is 70.8 Å². The number of nitrogens with one attached hydrogen (secondary N) is 1. The molecule has 6 heteroatoms. The zero-order chi connectivity index (χ0) is 50.7. The summed E-state index contributed by atoms with van der Waals surface area (Å²) in [6.07, 6.45) is 0. The second-order valence-corrected chi connectivity index (χ2v) is 18.5. The van der Waals surface area contributed by atoms with E-state index in [0.29, 0.717) is 10.8 Å². The van der Waals surface area contributed by atoms with Crippen LogP contribution in [0, 0.1) is 0 Å². The zero-order valence-corrected chi connectivity index (χ0v) is 40.8. The van der Waals surface area contributed by atoms with Crippen LogP contribution in [-0.4, -0.2) is 11.8 Å². The molecule has 1 heterocycles. The Hall–Kier alpha value is -9.78. The Morgan fingerprint density at radius 1 is 0.253 bits per heavy atom. The molecular formula is C69H49NO5. The summed E-state index contributed by atoms with van der Waals surface area (Å²) in [5.41, 5.74) is 3.22. The van der Waals surface area contributed by atoms with E-state index < -0.39 is 28.6 Å². The van der Waals surface area contributed by atoms with Gasteiger partial charge < -0.3 is 14.2 Å². The van der Waals surface area contributed by atoms with Crippen LogP contribution in [0.4, 0.5) is 0 Å². The molecule has 12 rings (SSSR count). The standard InChI is InChI=1S/C69H49NO5/c71-65-59-48-28-47-58-60(59)61(66(72)70-65)63(74-68(52-35-16-4-17-36-52,53-37-18-5-19-38-53)54-39-20-6-21-40-54)64(75-69(55-41-22-7-23-42-55,56-43-24-8-25-44-56)57-45-26-9-27-46-57)62(58)73-67(49-29-10-1-11-30-49,50-31-12-2-13-32-50)51-33-14-3-15-34-51/h1-48H,(H,70,71,72). The van der Waals surface area contributed by atoms with Crippen molar-refractivity contribution in [3.8, 4) is 17.2 Å². The van der Waals surface area contributed by atoms with E-state index >= 15 is 4.79 Å². The molecule has 0 saturated heterocycles. The highest BCUT2D eigenvalue weighted by Gasteiger charge is 2.49. The van der Waals surface area contributed by atoms with Crippen molar-refractivity contribution < 1.29 is 23.8 Å². The van der Waals surface area contributed by atoms with Gasteiger partial charge in [0.25, 0.3) is 11.8 Å². The van der Waals surface area contributed by atoms with Gasteiger partial charge in [0, 0.05) is 66.4 Å². The van der Waals surface area contributed by atoms with E-state index in [1.54, 1.807) is 6.07 Å². The van der Waals surface area contributed by atoms with Crippen molar-refractivity contribution in [1.29, 1.82) is 0 Å². The number of imide groups is 1. The topological polar surface area (TPSA) is 73.9 Å². The van der Waals surface area contributed by atoms with Crippen LogP contribution in [0.3, 0.4) is 0 Å². The Balaban J connectivity index is 1.31. The van der Waals surface area contributed by atoms with Gasteiger partial charge in [-0.1, -0.05) is 285 Å². The molecule has 0 aromatic heterocycles. The monoisotopic (exact) mass is 971 g/mol. The third kappa shape index (κ3) is 7.92. The van der Waals surface area contributed by atoms with Gasteiger partial charge in [-0.05, 0) is 6.07 Å². The maximum absolute atomic E-state index is 15.5. The smallest absolute Gasteiger partial charge is 0.262 e. The summed E-state index contributed by atoms with van der Waals surface area (Å²) in [6, 6.07) is 96.2. The van der Waals surface area contributed by atoms with Gasteiger partial charge in [0.2, 0.25) is 5.75 Å². The third-order valence-electron chi connectivity index (χ3n) is 14.3. The van der Waals surface area contributed by atoms with Crippen molar-refractivity contribution in [3.05, 3.63) is 352 Å². The molecule has 0 saturated carbocycles. The molecule has 2 amide bonds. The summed E-state index contributed by atoms with van der Waals surface area (Å²) in [4.78, 5) is 29.9. The molecular weight excluding hydrogens is 923 g/mol. The molecule has 1 aliphatic rings. The Morgan fingerprint density at radius 3 is 0.787 bits per heavy atom. The first-order valence-electron chi connectivity index (χ1n) is 25.1.